The topological polar surface area (TPSA) is 81.5 Å². The van der Waals surface area contributed by atoms with Gasteiger partial charge < -0.3 is 9.73 Å². The molecule has 1 amide bonds. The van der Waals surface area contributed by atoms with E-state index in [2.05, 4.69) is 24.3 Å². The Morgan fingerprint density at radius 2 is 2.15 bits per heavy atom. The van der Waals surface area contributed by atoms with Gasteiger partial charge in [0.1, 0.15) is 17.9 Å². The van der Waals surface area contributed by atoms with Crippen molar-refractivity contribution < 1.29 is 9.21 Å². The van der Waals surface area contributed by atoms with E-state index >= 15 is 0 Å². The fraction of sp³-hybridized carbons (Fsp3) is 0.526. The summed E-state index contributed by atoms with van der Waals surface area (Å²) in [6, 6.07) is 3.67. The molecule has 3 aromatic heterocycles. The lowest BCUT2D eigenvalue weighted by molar-refractivity contribution is -0.123. The number of hydrogen-bond donors (Lipinski definition) is 1. The molecule has 4 rings (SSSR count). The van der Waals surface area contributed by atoms with Gasteiger partial charge in [0.2, 0.25) is 5.91 Å². The molecule has 1 aliphatic carbocycles. The molecule has 3 atom stereocenters. The van der Waals surface area contributed by atoms with Crippen LogP contribution in [0.25, 0.3) is 16.6 Å². The standard InChI is InChI=1S/C19H24N4O3/c1-11-5-4-6-14(12(11)2)20-18(24)10-22-19(25)16-9-17-15(7-8-26-17)23(16)13(3)21-22/h7-9,11-12,14H,4-6,10H2,1-3H3,(H,20,24)/t11-,12-,14-/m1/s1. The second kappa shape index (κ2) is 6.30. The molecule has 1 fully saturated rings. The van der Waals surface area contributed by atoms with Gasteiger partial charge in [0.15, 0.2) is 5.58 Å². The van der Waals surface area contributed by atoms with Crippen LogP contribution in [0.1, 0.15) is 38.9 Å². The molecule has 7 heteroatoms. The first kappa shape index (κ1) is 16.9. The van der Waals surface area contributed by atoms with Gasteiger partial charge in [-0.25, -0.2) is 4.68 Å². The zero-order chi connectivity index (χ0) is 18.4. The molecule has 26 heavy (non-hydrogen) atoms. The number of aryl methyl sites for hydroxylation is 1. The predicted molar refractivity (Wildman–Crippen MR) is 98.1 cm³/mol. The molecule has 0 unspecified atom stereocenters. The van der Waals surface area contributed by atoms with E-state index in [4.69, 9.17) is 4.42 Å². The number of nitrogens with one attached hydrogen (secondary N) is 1. The van der Waals surface area contributed by atoms with Crippen LogP contribution in [0.2, 0.25) is 0 Å². The summed E-state index contributed by atoms with van der Waals surface area (Å²) in [6.45, 7) is 6.16. The van der Waals surface area contributed by atoms with E-state index in [0.717, 1.165) is 18.4 Å². The van der Waals surface area contributed by atoms with Gasteiger partial charge in [-0.2, -0.15) is 5.10 Å². The minimum atomic E-state index is -0.290. The molecular formula is C19H24N4O3. The molecule has 0 aromatic carbocycles. The lowest BCUT2D eigenvalue weighted by Gasteiger charge is -2.34. The van der Waals surface area contributed by atoms with Crippen LogP contribution in [-0.2, 0) is 11.3 Å². The third kappa shape index (κ3) is 2.71. The van der Waals surface area contributed by atoms with E-state index in [-0.39, 0.29) is 24.1 Å². The number of hydrogen-bond acceptors (Lipinski definition) is 4. The first-order valence-electron chi connectivity index (χ1n) is 9.21. The summed E-state index contributed by atoms with van der Waals surface area (Å²) in [5, 5.41) is 7.43. The Labute approximate surface area is 151 Å². The van der Waals surface area contributed by atoms with Crippen molar-refractivity contribution in [3.63, 3.8) is 0 Å². The molecule has 1 saturated carbocycles. The van der Waals surface area contributed by atoms with Gasteiger partial charge in [0, 0.05) is 18.2 Å². The largest absolute Gasteiger partial charge is 0.463 e. The number of aromatic nitrogens is 3. The highest BCUT2D eigenvalue weighted by Gasteiger charge is 2.28. The molecule has 1 aliphatic rings. The van der Waals surface area contributed by atoms with Gasteiger partial charge >= 0.3 is 0 Å². The Hall–Kier alpha value is -2.57. The summed E-state index contributed by atoms with van der Waals surface area (Å²) in [4.78, 5) is 25.3. The molecule has 0 bridgehead atoms. The molecular weight excluding hydrogens is 332 g/mol. The van der Waals surface area contributed by atoms with Crippen molar-refractivity contribution in [2.45, 2.75) is 52.6 Å². The van der Waals surface area contributed by atoms with Gasteiger partial charge in [0.05, 0.1) is 11.8 Å². The smallest absolute Gasteiger partial charge is 0.291 e. The first-order valence-corrected chi connectivity index (χ1v) is 9.21. The maximum atomic E-state index is 12.8. The molecule has 0 aliphatic heterocycles. The fourth-order valence-corrected chi connectivity index (χ4v) is 4.11. The summed E-state index contributed by atoms with van der Waals surface area (Å²) >= 11 is 0. The third-order valence-electron chi connectivity index (χ3n) is 5.81. The Bertz CT molecular complexity index is 1030. The maximum Gasteiger partial charge on any atom is 0.291 e. The van der Waals surface area contributed by atoms with Crippen LogP contribution in [0.5, 0.6) is 0 Å². The van der Waals surface area contributed by atoms with E-state index in [1.165, 1.54) is 11.1 Å². The normalized spacial score (nSPS) is 23.6. The number of fused-ring (bicyclic) bond motifs is 3. The fourth-order valence-electron chi connectivity index (χ4n) is 4.11. The molecule has 1 N–H and O–H groups in total. The van der Waals surface area contributed by atoms with Crippen LogP contribution in [0.15, 0.2) is 27.6 Å². The van der Waals surface area contributed by atoms with Gasteiger partial charge in [0.25, 0.3) is 5.56 Å². The summed E-state index contributed by atoms with van der Waals surface area (Å²) in [6.07, 6.45) is 4.91. The number of rotatable bonds is 3. The Morgan fingerprint density at radius 3 is 2.96 bits per heavy atom. The number of furan rings is 1. The van der Waals surface area contributed by atoms with Crippen molar-refractivity contribution in [1.29, 1.82) is 0 Å². The number of carbonyl (C=O) groups excluding carboxylic acids is 1. The van der Waals surface area contributed by atoms with Crippen molar-refractivity contribution >= 4 is 22.5 Å². The number of amides is 1. The summed E-state index contributed by atoms with van der Waals surface area (Å²) in [5.74, 6) is 1.52. The van der Waals surface area contributed by atoms with E-state index in [1.54, 1.807) is 22.8 Å². The Balaban J connectivity index is 1.60. The molecule has 3 aromatic rings. The molecule has 0 saturated heterocycles. The van der Waals surface area contributed by atoms with Gasteiger partial charge in [-0.05, 0) is 25.2 Å². The van der Waals surface area contributed by atoms with Crippen molar-refractivity contribution in [2.24, 2.45) is 11.8 Å². The molecule has 7 nitrogen and oxygen atoms in total. The van der Waals surface area contributed by atoms with Crippen molar-refractivity contribution in [3.8, 4) is 0 Å². The number of carbonyl (C=O) groups is 1. The van der Waals surface area contributed by atoms with E-state index in [0.29, 0.717) is 28.8 Å². The van der Waals surface area contributed by atoms with E-state index in [1.807, 2.05) is 6.92 Å². The third-order valence-corrected chi connectivity index (χ3v) is 5.81. The number of nitrogens with zero attached hydrogens (tertiary/aromatic N) is 3. The summed E-state index contributed by atoms with van der Waals surface area (Å²) < 4.78 is 8.39. The van der Waals surface area contributed by atoms with Crippen LogP contribution < -0.4 is 10.9 Å². The summed E-state index contributed by atoms with van der Waals surface area (Å²) in [5.41, 5.74) is 1.63. The zero-order valence-electron chi connectivity index (χ0n) is 15.4. The minimum absolute atomic E-state index is 0.0691. The maximum absolute atomic E-state index is 12.8. The van der Waals surface area contributed by atoms with Gasteiger partial charge in [-0.1, -0.05) is 26.7 Å². The molecule has 3 heterocycles. The SMILES string of the molecule is Cc1nn(CC(=O)N[C@@H]2CCC[C@@H](C)[C@H]2C)c(=O)c2cc3occc3n12. The monoisotopic (exact) mass is 356 g/mol. The second-order valence-electron chi connectivity index (χ2n) is 7.49. The van der Waals surface area contributed by atoms with Crippen molar-refractivity contribution in [3.05, 3.63) is 34.6 Å². The molecule has 0 radical (unpaired) electrons. The Morgan fingerprint density at radius 1 is 1.35 bits per heavy atom. The summed E-state index contributed by atoms with van der Waals surface area (Å²) in [7, 11) is 0. The van der Waals surface area contributed by atoms with Crippen molar-refractivity contribution in [2.75, 3.05) is 0 Å². The lowest BCUT2D eigenvalue weighted by atomic mass is 9.78. The zero-order valence-corrected chi connectivity index (χ0v) is 15.4. The van der Waals surface area contributed by atoms with Crippen LogP contribution in [0.4, 0.5) is 0 Å². The highest BCUT2D eigenvalue weighted by atomic mass is 16.3. The van der Waals surface area contributed by atoms with E-state index in [9.17, 15) is 9.59 Å². The highest BCUT2D eigenvalue weighted by molar-refractivity contribution is 5.82. The first-order chi connectivity index (χ1) is 12.5. The van der Waals surface area contributed by atoms with Gasteiger partial charge in [-0.3, -0.25) is 14.0 Å². The second-order valence-corrected chi connectivity index (χ2v) is 7.49. The van der Waals surface area contributed by atoms with E-state index < -0.39 is 0 Å². The molecule has 138 valence electrons. The molecule has 0 spiro atoms. The van der Waals surface area contributed by atoms with Gasteiger partial charge in [-0.15, -0.1) is 0 Å². The lowest BCUT2D eigenvalue weighted by Crippen LogP contribution is -2.46. The predicted octanol–water partition coefficient (Wildman–Crippen LogP) is 2.49. The van der Waals surface area contributed by atoms with Crippen LogP contribution in [0, 0.1) is 18.8 Å². The van der Waals surface area contributed by atoms with Crippen LogP contribution in [0.3, 0.4) is 0 Å². The highest BCUT2D eigenvalue weighted by Crippen LogP contribution is 2.29. The average Bonchev–Trinajstić information content (AvgIpc) is 3.17. The quantitative estimate of drug-likeness (QED) is 0.782. The van der Waals surface area contributed by atoms with Crippen LogP contribution in [-0.4, -0.2) is 26.1 Å². The average molecular weight is 356 g/mol. The minimum Gasteiger partial charge on any atom is -0.463 e. The Kier molecular flexibility index (Phi) is 4.09. The van der Waals surface area contributed by atoms with Crippen LogP contribution >= 0.6 is 0 Å². The van der Waals surface area contributed by atoms with Crippen molar-refractivity contribution in [1.82, 2.24) is 19.5 Å².